The lowest BCUT2D eigenvalue weighted by Crippen LogP contribution is -2.12. The molecule has 3 nitrogen and oxygen atoms in total. The molecule has 72 valence electrons. The van der Waals surface area contributed by atoms with Crippen LogP contribution in [-0.4, -0.2) is 19.8 Å². The fraction of sp³-hybridized carbons (Fsp3) is 0.400. The van der Waals surface area contributed by atoms with Crippen molar-refractivity contribution in [2.45, 2.75) is 6.92 Å². The molecule has 13 heavy (non-hydrogen) atoms. The van der Waals surface area contributed by atoms with Crippen LogP contribution in [0.5, 0.6) is 0 Å². The van der Waals surface area contributed by atoms with Gasteiger partial charge in [0.2, 0.25) is 0 Å². The highest BCUT2D eigenvalue weighted by Crippen LogP contribution is 2.00. The summed E-state index contributed by atoms with van der Waals surface area (Å²) in [5, 5.41) is 3.08. The molecule has 0 radical (unpaired) electrons. The molecule has 0 aromatic rings. The summed E-state index contributed by atoms with van der Waals surface area (Å²) >= 11 is 0. The Labute approximate surface area is 78.7 Å². The van der Waals surface area contributed by atoms with Gasteiger partial charge in [0.15, 0.2) is 0 Å². The van der Waals surface area contributed by atoms with E-state index in [4.69, 9.17) is 9.47 Å². The van der Waals surface area contributed by atoms with Gasteiger partial charge in [0, 0.05) is 12.6 Å². The SMILES string of the molecule is CCOC1=C/C=C/NCCO\C=C\1. The molecule has 3 heteroatoms. The van der Waals surface area contributed by atoms with E-state index in [-0.39, 0.29) is 0 Å². The Morgan fingerprint density at radius 1 is 1.62 bits per heavy atom. The average molecular weight is 181 g/mol. The van der Waals surface area contributed by atoms with Crippen LogP contribution in [0.2, 0.25) is 0 Å². The summed E-state index contributed by atoms with van der Waals surface area (Å²) in [7, 11) is 0. The normalized spacial score (nSPS) is 25.8. The quantitative estimate of drug-likeness (QED) is 0.701. The predicted molar refractivity (Wildman–Crippen MR) is 51.9 cm³/mol. The van der Waals surface area contributed by atoms with Crippen LogP contribution in [0.4, 0.5) is 0 Å². The third-order valence-electron chi connectivity index (χ3n) is 1.48. The third kappa shape index (κ3) is 4.25. The second-order valence-electron chi connectivity index (χ2n) is 2.49. The number of rotatable bonds is 2. The molecule has 0 saturated carbocycles. The van der Waals surface area contributed by atoms with Gasteiger partial charge in [-0.25, -0.2) is 0 Å². The van der Waals surface area contributed by atoms with Crippen molar-refractivity contribution in [3.8, 4) is 0 Å². The second kappa shape index (κ2) is 6.17. The minimum Gasteiger partial charge on any atom is -0.499 e. The Balaban J connectivity index is 2.57. The molecule has 0 amide bonds. The molecular weight excluding hydrogens is 166 g/mol. The van der Waals surface area contributed by atoms with Crippen molar-refractivity contribution in [2.24, 2.45) is 0 Å². The molecule has 0 aliphatic carbocycles. The maximum Gasteiger partial charge on any atom is 0.122 e. The van der Waals surface area contributed by atoms with Crippen LogP contribution in [-0.2, 0) is 9.47 Å². The van der Waals surface area contributed by atoms with E-state index in [0.717, 1.165) is 12.3 Å². The predicted octanol–water partition coefficient (Wildman–Crippen LogP) is 1.55. The summed E-state index contributed by atoms with van der Waals surface area (Å²) in [5.74, 6) is 0.808. The van der Waals surface area contributed by atoms with Crippen molar-refractivity contribution in [2.75, 3.05) is 19.8 Å². The van der Waals surface area contributed by atoms with Crippen LogP contribution in [0.25, 0.3) is 0 Å². The van der Waals surface area contributed by atoms with Gasteiger partial charge < -0.3 is 14.8 Å². The van der Waals surface area contributed by atoms with Crippen molar-refractivity contribution in [1.29, 1.82) is 0 Å². The van der Waals surface area contributed by atoms with Crippen LogP contribution in [0, 0.1) is 0 Å². The van der Waals surface area contributed by atoms with E-state index in [1.807, 2.05) is 31.4 Å². The minimum absolute atomic E-state index is 0.664. The Hall–Kier alpha value is -1.38. The first kappa shape index (κ1) is 9.71. The van der Waals surface area contributed by atoms with Gasteiger partial charge in [-0.05, 0) is 25.3 Å². The van der Waals surface area contributed by atoms with Crippen molar-refractivity contribution < 1.29 is 9.47 Å². The lowest BCUT2D eigenvalue weighted by molar-refractivity contribution is 0.230. The number of hydrogen-bond acceptors (Lipinski definition) is 3. The molecule has 1 aliphatic rings. The minimum atomic E-state index is 0.664. The summed E-state index contributed by atoms with van der Waals surface area (Å²) < 4.78 is 10.5. The molecule has 0 spiro atoms. The van der Waals surface area contributed by atoms with Gasteiger partial charge in [-0.15, -0.1) is 0 Å². The molecule has 0 atom stereocenters. The molecule has 0 fully saturated rings. The number of nitrogens with one attached hydrogen (secondary N) is 1. The maximum atomic E-state index is 5.33. The zero-order valence-corrected chi connectivity index (χ0v) is 7.82. The smallest absolute Gasteiger partial charge is 0.122 e. The summed E-state index contributed by atoms with van der Waals surface area (Å²) in [4.78, 5) is 0. The van der Waals surface area contributed by atoms with Crippen molar-refractivity contribution in [3.63, 3.8) is 0 Å². The Bertz CT molecular complexity index is 219. The van der Waals surface area contributed by atoms with E-state index in [1.54, 1.807) is 6.26 Å². The van der Waals surface area contributed by atoms with Crippen molar-refractivity contribution in [1.82, 2.24) is 5.32 Å². The monoisotopic (exact) mass is 181 g/mol. The molecule has 0 bridgehead atoms. The summed E-state index contributed by atoms with van der Waals surface area (Å²) in [6.45, 7) is 4.10. The zero-order valence-electron chi connectivity index (χ0n) is 7.82. The highest BCUT2D eigenvalue weighted by Gasteiger charge is 1.90. The molecule has 1 heterocycles. The molecular formula is C10H15NO2. The lowest BCUT2D eigenvalue weighted by atomic mass is 10.4. The van der Waals surface area contributed by atoms with Gasteiger partial charge in [0.1, 0.15) is 12.4 Å². The summed E-state index contributed by atoms with van der Waals surface area (Å²) in [6, 6.07) is 0. The van der Waals surface area contributed by atoms with Crippen LogP contribution in [0.3, 0.4) is 0 Å². The standard InChI is InChI=1S/C10H15NO2/c1-2-13-10-4-3-6-11-7-9-12-8-5-10/h3-6,8,11H,2,7,9H2,1H3/b6-3+,8-5+,10-4+. The zero-order chi connectivity index (χ0) is 9.36. The number of hydrogen-bond donors (Lipinski definition) is 1. The first-order valence-corrected chi connectivity index (χ1v) is 4.44. The lowest BCUT2D eigenvalue weighted by Gasteiger charge is -2.05. The molecule has 0 aromatic carbocycles. The van der Waals surface area contributed by atoms with Gasteiger partial charge in [0.05, 0.1) is 12.9 Å². The van der Waals surface area contributed by atoms with Crippen molar-refractivity contribution >= 4 is 0 Å². The first-order chi connectivity index (χ1) is 6.43. The topological polar surface area (TPSA) is 30.5 Å². The largest absolute Gasteiger partial charge is 0.499 e. The Morgan fingerprint density at radius 3 is 3.38 bits per heavy atom. The van der Waals surface area contributed by atoms with Gasteiger partial charge in [-0.3, -0.25) is 0 Å². The maximum absolute atomic E-state index is 5.33. The summed E-state index contributed by atoms with van der Waals surface area (Å²) in [5.41, 5.74) is 0. The Kier molecular flexibility index (Phi) is 4.61. The van der Waals surface area contributed by atoms with Crippen LogP contribution in [0.15, 0.2) is 36.4 Å². The van der Waals surface area contributed by atoms with Gasteiger partial charge in [0.25, 0.3) is 0 Å². The van der Waals surface area contributed by atoms with Crippen LogP contribution >= 0.6 is 0 Å². The molecule has 0 saturated heterocycles. The fourth-order valence-electron chi connectivity index (χ4n) is 0.914. The van der Waals surface area contributed by atoms with E-state index in [9.17, 15) is 0 Å². The van der Waals surface area contributed by atoms with Gasteiger partial charge in [-0.1, -0.05) is 0 Å². The number of ether oxygens (including phenoxy) is 2. The third-order valence-corrected chi connectivity index (χ3v) is 1.48. The summed E-state index contributed by atoms with van der Waals surface area (Å²) in [6.07, 6.45) is 9.16. The van der Waals surface area contributed by atoms with E-state index in [0.29, 0.717) is 13.2 Å². The van der Waals surface area contributed by atoms with E-state index >= 15 is 0 Å². The highest BCUT2D eigenvalue weighted by molar-refractivity contribution is 5.17. The van der Waals surface area contributed by atoms with Gasteiger partial charge in [-0.2, -0.15) is 0 Å². The van der Waals surface area contributed by atoms with E-state index < -0.39 is 0 Å². The van der Waals surface area contributed by atoms with E-state index in [1.165, 1.54) is 0 Å². The fourth-order valence-corrected chi connectivity index (χ4v) is 0.914. The van der Waals surface area contributed by atoms with Gasteiger partial charge >= 0.3 is 0 Å². The number of allylic oxidation sites excluding steroid dienone is 3. The molecule has 0 unspecified atom stereocenters. The van der Waals surface area contributed by atoms with Crippen LogP contribution < -0.4 is 5.32 Å². The molecule has 1 aliphatic heterocycles. The van der Waals surface area contributed by atoms with E-state index in [2.05, 4.69) is 5.32 Å². The Morgan fingerprint density at radius 2 is 2.54 bits per heavy atom. The second-order valence-corrected chi connectivity index (χ2v) is 2.49. The van der Waals surface area contributed by atoms with Crippen molar-refractivity contribution in [3.05, 3.63) is 36.4 Å². The first-order valence-electron chi connectivity index (χ1n) is 4.44. The molecule has 1 N–H and O–H groups in total. The molecule has 0 aromatic heterocycles. The molecule has 1 rings (SSSR count). The average Bonchev–Trinajstić information content (AvgIpc) is 2.16. The highest BCUT2D eigenvalue weighted by atomic mass is 16.5. The van der Waals surface area contributed by atoms with Crippen LogP contribution in [0.1, 0.15) is 6.92 Å².